The molecule has 1 aliphatic rings. The van der Waals surface area contributed by atoms with Crippen LogP contribution in [0.1, 0.15) is 32.6 Å². The van der Waals surface area contributed by atoms with E-state index in [1.165, 1.54) is 0 Å². The van der Waals surface area contributed by atoms with Crippen LogP contribution in [0.15, 0.2) is 0 Å². The Kier molecular flexibility index (Phi) is 4.77. The van der Waals surface area contributed by atoms with Crippen molar-refractivity contribution >= 4 is 5.78 Å². The minimum atomic E-state index is -4.06. The van der Waals surface area contributed by atoms with E-state index >= 15 is 0 Å². The predicted octanol–water partition coefficient (Wildman–Crippen LogP) is 2.63. The van der Waals surface area contributed by atoms with Crippen LogP contribution in [0, 0.1) is 5.92 Å². The van der Waals surface area contributed by atoms with E-state index in [1.54, 1.807) is 0 Å². The zero-order valence-corrected chi connectivity index (χ0v) is 9.52. The number of Topliss-reactive ketones (excluding diaryl/α,β-unsaturated/α-hetero) is 1. The zero-order chi connectivity index (χ0) is 12.2. The molecule has 0 aromatic carbocycles. The van der Waals surface area contributed by atoms with Crippen LogP contribution in [0.4, 0.5) is 13.2 Å². The van der Waals surface area contributed by atoms with E-state index in [1.807, 2.05) is 11.8 Å². The summed E-state index contributed by atoms with van der Waals surface area (Å²) >= 11 is 0. The third-order valence-corrected chi connectivity index (χ3v) is 3.04. The van der Waals surface area contributed by atoms with Crippen LogP contribution in [-0.2, 0) is 4.79 Å². The van der Waals surface area contributed by atoms with Crippen molar-refractivity contribution in [3.63, 3.8) is 0 Å². The van der Waals surface area contributed by atoms with Gasteiger partial charge in [0.25, 0.3) is 0 Å². The maximum atomic E-state index is 11.9. The van der Waals surface area contributed by atoms with Crippen LogP contribution in [0.25, 0.3) is 0 Å². The summed E-state index contributed by atoms with van der Waals surface area (Å²) in [5, 5.41) is 0. The summed E-state index contributed by atoms with van der Waals surface area (Å²) in [5.41, 5.74) is 0. The number of carbonyl (C=O) groups excluding carboxylic acids is 1. The van der Waals surface area contributed by atoms with Gasteiger partial charge >= 0.3 is 6.18 Å². The molecule has 1 aliphatic heterocycles. The molecule has 1 rings (SSSR count). The Labute approximate surface area is 93.8 Å². The number of hydrogen-bond donors (Lipinski definition) is 0. The van der Waals surface area contributed by atoms with Crippen molar-refractivity contribution in [1.29, 1.82) is 0 Å². The highest BCUT2D eigenvalue weighted by molar-refractivity contribution is 5.82. The lowest BCUT2D eigenvalue weighted by Gasteiger charge is -2.31. The molecule has 16 heavy (non-hydrogen) atoms. The molecule has 0 radical (unpaired) electrons. The van der Waals surface area contributed by atoms with Crippen molar-refractivity contribution < 1.29 is 18.0 Å². The molecule has 0 amide bonds. The van der Waals surface area contributed by atoms with Gasteiger partial charge in [0, 0.05) is 31.8 Å². The highest BCUT2D eigenvalue weighted by Gasteiger charge is 2.28. The Morgan fingerprint density at radius 2 is 2.12 bits per heavy atom. The largest absolute Gasteiger partial charge is 0.389 e. The summed E-state index contributed by atoms with van der Waals surface area (Å²) in [6.07, 6.45) is -3.38. The van der Waals surface area contributed by atoms with E-state index in [9.17, 15) is 18.0 Å². The molecular formula is C11H18F3NO. The summed E-state index contributed by atoms with van der Waals surface area (Å²) in [7, 11) is 0. The maximum Gasteiger partial charge on any atom is 0.389 e. The van der Waals surface area contributed by atoms with Crippen LogP contribution in [0.3, 0.4) is 0 Å². The molecule has 1 atom stereocenters. The van der Waals surface area contributed by atoms with E-state index in [-0.39, 0.29) is 18.1 Å². The van der Waals surface area contributed by atoms with Crippen LogP contribution < -0.4 is 0 Å². The van der Waals surface area contributed by atoms with Crippen molar-refractivity contribution in [3.05, 3.63) is 0 Å². The first-order valence-electron chi connectivity index (χ1n) is 5.74. The van der Waals surface area contributed by atoms with Gasteiger partial charge in [0.2, 0.25) is 0 Å². The summed E-state index contributed by atoms with van der Waals surface area (Å²) in [4.78, 5) is 13.4. The van der Waals surface area contributed by atoms with Crippen LogP contribution >= 0.6 is 0 Å². The quantitative estimate of drug-likeness (QED) is 0.749. The number of alkyl halides is 3. The topological polar surface area (TPSA) is 20.3 Å². The monoisotopic (exact) mass is 237 g/mol. The molecule has 0 bridgehead atoms. The Morgan fingerprint density at radius 3 is 2.69 bits per heavy atom. The van der Waals surface area contributed by atoms with Gasteiger partial charge in [0.15, 0.2) is 0 Å². The normalized spacial score (nSPS) is 23.8. The summed E-state index contributed by atoms with van der Waals surface area (Å²) in [6, 6.07) is 0. The van der Waals surface area contributed by atoms with Crippen molar-refractivity contribution in [2.45, 2.75) is 38.8 Å². The van der Waals surface area contributed by atoms with Gasteiger partial charge in [0.05, 0.1) is 0 Å². The zero-order valence-electron chi connectivity index (χ0n) is 9.52. The Balaban J connectivity index is 2.26. The second-order valence-corrected chi connectivity index (χ2v) is 4.34. The number of rotatable bonds is 4. The van der Waals surface area contributed by atoms with Crippen molar-refractivity contribution in [3.8, 4) is 0 Å². The lowest BCUT2D eigenvalue weighted by Crippen LogP contribution is -2.41. The van der Waals surface area contributed by atoms with Crippen LogP contribution in [0.5, 0.6) is 0 Å². The Bertz CT molecular complexity index is 240. The third-order valence-electron chi connectivity index (χ3n) is 3.04. The van der Waals surface area contributed by atoms with E-state index < -0.39 is 12.6 Å². The fourth-order valence-electron chi connectivity index (χ4n) is 2.04. The molecule has 0 saturated carbocycles. The highest BCUT2D eigenvalue weighted by atomic mass is 19.4. The molecule has 1 heterocycles. The number of likely N-dealkylation sites (tertiary alicyclic amines) is 1. The van der Waals surface area contributed by atoms with Gasteiger partial charge in [-0.1, -0.05) is 6.92 Å². The maximum absolute atomic E-state index is 11.9. The molecule has 1 fully saturated rings. The smallest absolute Gasteiger partial charge is 0.302 e. The number of halogens is 3. The van der Waals surface area contributed by atoms with E-state index in [4.69, 9.17) is 0 Å². The first kappa shape index (κ1) is 13.5. The number of nitrogens with zero attached hydrogens (tertiary/aromatic N) is 1. The molecule has 0 aromatic heterocycles. The Morgan fingerprint density at radius 1 is 1.44 bits per heavy atom. The standard InChI is InChI=1S/C11H18F3NO/c1-2-9-8-15(7-4-10(9)16)6-3-5-11(12,13)14/h9H,2-8H2,1H3. The first-order chi connectivity index (χ1) is 7.42. The lowest BCUT2D eigenvalue weighted by molar-refractivity contribution is -0.137. The van der Waals surface area contributed by atoms with Crippen LogP contribution in [0.2, 0.25) is 0 Å². The number of hydrogen-bond acceptors (Lipinski definition) is 2. The molecule has 0 spiro atoms. The molecule has 94 valence electrons. The summed E-state index contributed by atoms with van der Waals surface area (Å²) < 4.78 is 35.8. The molecular weight excluding hydrogens is 219 g/mol. The average molecular weight is 237 g/mol. The summed E-state index contributed by atoms with van der Waals surface area (Å²) in [6.45, 7) is 3.64. The van der Waals surface area contributed by atoms with Crippen molar-refractivity contribution in [1.82, 2.24) is 4.90 Å². The minimum absolute atomic E-state index is 0.0274. The third kappa shape index (κ3) is 4.51. The number of ketones is 1. The molecule has 1 unspecified atom stereocenters. The van der Waals surface area contributed by atoms with Gasteiger partial charge in [-0.25, -0.2) is 0 Å². The number of piperidine rings is 1. The van der Waals surface area contributed by atoms with E-state index in [2.05, 4.69) is 0 Å². The van der Waals surface area contributed by atoms with Crippen molar-refractivity contribution in [2.75, 3.05) is 19.6 Å². The fraction of sp³-hybridized carbons (Fsp3) is 0.909. The number of carbonyl (C=O) groups is 1. The van der Waals surface area contributed by atoms with Crippen LogP contribution in [-0.4, -0.2) is 36.5 Å². The lowest BCUT2D eigenvalue weighted by atomic mass is 9.94. The second kappa shape index (κ2) is 5.66. The highest BCUT2D eigenvalue weighted by Crippen LogP contribution is 2.22. The van der Waals surface area contributed by atoms with E-state index in [0.717, 1.165) is 6.42 Å². The molecule has 1 saturated heterocycles. The van der Waals surface area contributed by atoms with Gasteiger partial charge in [-0.15, -0.1) is 0 Å². The van der Waals surface area contributed by atoms with Gasteiger partial charge in [-0.2, -0.15) is 13.2 Å². The van der Waals surface area contributed by atoms with Gasteiger partial charge < -0.3 is 4.90 Å². The second-order valence-electron chi connectivity index (χ2n) is 4.34. The summed E-state index contributed by atoms with van der Waals surface area (Å²) in [5.74, 6) is 0.286. The minimum Gasteiger partial charge on any atom is -0.302 e. The van der Waals surface area contributed by atoms with Crippen molar-refractivity contribution in [2.24, 2.45) is 5.92 Å². The fourth-order valence-corrected chi connectivity index (χ4v) is 2.04. The first-order valence-corrected chi connectivity index (χ1v) is 5.74. The van der Waals surface area contributed by atoms with Gasteiger partial charge in [-0.05, 0) is 19.4 Å². The molecule has 0 aromatic rings. The molecule has 0 aliphatic carbocycles. The van der Waals surface area contributed by atoms with E-state index in [0.29, 0.717) is 26.1 Å². The van der Waals surface area contributed by atoms with Gasteiger partial charge in [-0.3, -0.25) is 4.79 Å². The SMILES string of the molecule is CCC1CN(CCCC(F)(F)F)CCC1=O. The molecule has 0 N–H and O–H groups in total. The predicted molar refractivity (Wildman–Crippen MR) is 55.1 cm³/mol. The Hall–Kier alpha value is -0.580. The molecule has 5 heteroatoms. The molecule has 2 nitrogen and oxygen atoms in total. The average Bonchev–Trinajstić information content (AvgIpc) is 2.18. The van der Waals surface area contributed by atoms with Gasteiger partial charge in [0.1, 0.15) is 5.78 Å².